The van der Waals surface area contributed by atoms with E-state index in [1.807, 2.05) is 37.3 Å². The number of hydrogen-bond donors (Lipinski definition) is 4. The Morgan fingerprint density at radius 2 is 1.59 bits per heavy atom. The van der Waals surface area contributed by atoms with Gasteiger partial charge in [-0.15, -0.1) is 0 Å². The summed E-state index contributed by atoms with van der Waals surface area (Å²) < 4.78 is 22.3. The van der Waals surface area contributed by atoms with Crippen molar-refractivity contribution in [3.05, 3.63) is 83.9 Å². The lowest BCUT2D eigenvalue weighted by Gasteiger charge is -2.49. The number of aliphatic hydroxyl groups is 2. The smallest absolute Gasteiger partial charge is 0.342 e. The highest BCUT2D eigenvalue weighted by Crippen LogP contribution is 2.55. The number of rotatable bonds is 13. The Bertz CT molecular complexity index is 1390. The number of carbonyl (C=O) groups excluding carboxylic acids is 2. The van der Waals surface area contributed by atoms with Crippen LogP contribution in [0.15, 0.2) is 72.8 Å². The van der Waals surface area contributed by atoms with Crippen molar-refractivity contribution in [3.8, 4) is 0 Å². The Balaban J connectivity index is 1.61. The Morgan fingerprint density at radius 3 is 2.14 bits per heavy atom. The molecule has 236 valence electrons. The van der Waals surface area contributed by atoms with E-state index >= 15 is 0 Å². The summed E-state index contributed by atoms with van der Waals surface area (Å²) in [5.74, 6) is -8.44. The van der Waals surface area contributed by atoms with E-state index in [-0.39, 0.29) is 25.4 Å². The fourth-order valence-electron chi connectivity index (χ4n) is 5.89. The zero-order chi connectivity index (χ0) is 32.3. The molecule has 44 heavy (non-hydrogen) atoms. The van der Waals surface area contributed by atoms with Crippen molar-refractivity contribution in [2.75, 3.05) is 0 Å². The van der Waals surface area contributed by atoms with Gasteiger partial charge in [-0.3, -0.25) is 4.79 Å². The zero-order valence-electron chi connectivity index (χ0n) is 24.4. The molecule has 2 aromatic rings. The standard InChI is InChI=1S/C32H36O12/c1-19(25(42-21(3)33)20(2)16-22-10-6-4-7-11-22)14-15-31-24(34)17-30(44-31,28(36)37)32(40,29(38)39)26(43-31)27(35)41-18-23-12-8-5-9-13-23/h4-13,20,24-26,34,40H,1,14-18H2,2-3H3,(H,36,37)(H,38,39)/t20?,24-,25?,26?,30?,31?,32?/m1/s1. The molecular weight excluding hydrogens is 576 g/mol. The van der Waals surface area contributed by atoms with Crippen LogP contribution in [-0.2, 0) is 51.2 Å². The number of benzene rings is 2. The number of aliphatic carboxylic acids is 2. The molecule has 2 fully saturated rings. The van der Waals surface area contributed by atoms with Crippen LogP contribution in [-0.4, -0.2) is 79.6 Å². The van der Waals surface area contributed by atoms with Gasteiger partial charge in [0, 0.05) is 25.7 Å². The third-order valence-corrected chi connectivity index (χ3v) is 8.16. The van der Waals surface area contributed by atoms with Crippen LogP contribution in [0.1, 0.15) is 44.2 Å². The van der Waals surface area contributed by atoms with Crippen molar-refractivity contribution < 1.29 is 58.6 Å². The van der Waals surface area contributed by atoms with Crippen LogP contribution in [0.3, 0.4) is 0 Å². The Labute approximate surface area is 253 Å². The molecule has 12 nitrogen and oxygen atoms in total. The van der Waals surface area contributed by atoms with Gasteiger partial charge < -0.3 is 39.4 Å². The van der Waals surface area contributed by atoms with Gasteiger partial charge in [0.05, 0.1) is 0 Å². The van der Waals surface area contributed by atoms with E-state index in [2.05, 4.69) is 6.58 Å². The number of fused-ring (bicyclic) bond motifs is 2. The molecule has 2 heterocycles. The molecule has 4 N–H and O–H groups in total. The second-order valence-electron chi connectivity index (χ2n) is 11.3. The first kappa shape index (κ1) is 32.8. The molecule has 0 radical (unpaired) electrons. The van der Waals surface area contributed by atoms with Crippen LogP contribution in [0.25, 0.3) is 0 Å². The number of aliphatic hydroxyl groups excluding tert-OH is 1. The van der Waals surface area contributed by atoms with Crippen molar-refractivity contribution in [2.45, 2.75) is 81.4 Å². The highest BCUT2D eigenvalue weighted by Gasteiger charge is 2.80. The summed E-state index contributed by atoms with van der Waals surface area (Å²) in [5.41, 5.74) is -4.52. The SMILES string of the molecule is C=C(CCC12OC(C(=O)OCc3ccccc3)C(O)(C(=O)O)C(C(=O)O)(C[C@H]1O)O2)C(OC(C)=O)C(C)Cc1ccccc1. The van der Waals surface area contributed by atoms with Crippen molar-refractivity contribution in [3.63, 3.8) is 0 Å². The Hall–Kier alpha value is -4.10. The quantitative estimate of drug-likeness (QED) is 0.191. The van der Waals surface area contributed by atoms with E-state index in [0.29, 0.717) is 17.6 Å². The lowest BCUT2D eigenvalue weighted by Crippen LogP contribution is -2.75. The fourth-order valence-corrected chi connectivity index (χ4v) is 5.89. The van der Waals surface area contributed by atoms with Crippen molar-refractivity contribution >= 4 is 23.9 Å². The number of carbonyl (C=O) groups is 4. The van der Waals surface area contributed by atoms with Gasteiger partial charge in [-0.25, -0.2) is 14.4 Å². The molecule has 12 heteroatoms. The van der Waals surface area contributed by atoms with Gasteiger partial charge in [-0.05, 0) is 29.5 Å². The summed E-state index contributed by atoms with van der Waals surface area (Å²) in [6.45, 7) is 6.85. The van der Waals surface area contributed by atoms with Crippen LogP contribution in [0.2, 0.25) is 0 Å². The van der Waals surface area contributed by atoms with Crippen LogP contribution in [0.5, 0.6) is 0 Å². The van der Waals surface area contributed by atoms with Crippen molar-refractivity contribution in [1.29, 1.82) is 0 Å². The summed E-state index contributed by atoms with van der Waals surface area (Å²) >= 11 is 0. The molecule has 2 aromatic carbocycles. The minimum atomic E-state index is -3.46. The van der Waals surface area contributed by atoms with Crippen molar-refractivity contribution in [1.82, 2.24) is 0 Å². The summed E-state index contributed by atoms with van der Waals surface area (Å²) in [6, 6.07) is 17.9. The third-order valence-electron chi connectivity index (χ3n) is 8.16. The first-order chi connectivity index (χ1) is 20.8. The Kier molecular flexibility index (Phi) is 9.59. The molecule has 0 aliphatic carbocycles. The number of esters is 2. The van der Waals surface area contributed by atoms with Gasteiger partial charge in [-0.1, -0.05) is 74.2 Å². The number of carboxylic acids is 2. The highest BCUT2D eigenvalue weighted by atomic mass is 16.8. The predicted octanol–water partition coefficient (Wildman–Crippen LogP) is 2.39. The predicted molar refractivity (Wildman–Crippen MR) is 152 cm³/mol. The third kappa shape index (κ3) is 6.11. The minimum absolute atomic E-state index is 0.0544. The van der Waals surface area contributed by atoms with Gasteiger partial charge in [-0.2, -0.15) is 0 Å². The van der Waals surface area contributed by atoms with Crippen molar-refractivity contribution in [2.24, 2.45) is 5.92 Å². The molecule has 0 amide bonds. The average molecular weight is 613 g/mol. The number of carboxylic acid groups (broad SMARTS) is 2. The first-order valence-electron chi connectivity index (χ1n) is 14.1. The zero-order valence-corrected chi connectivity index (χ0v) is 24.4. The average Bonchev–Trinajstić information content (AvgIpc) is 3.26. The molecule has 0 saturated carbocycles. The van der Waals surface area contributed by atoms with Crippen LogP contribution in [0, 0.1) is 5.92 Å². The molecule has 4 rings (SSSR count). The lowest BCUT2D eigenvalue weighted by molar-refractivity contribution is -0.373. The van der Waals surface area contributed by atoms with E-state index in [1.54, 1.807) is 30.3 Å². The molecular formula is C32H36O12. The molecule has 0 aromatic heterocycles. The molecule has 7 atom stereocenters. The van der Waals surface area contributed by atoms with Gasteiger partial charge in [0.1, 0.15) is 18.8 Å². The maximum atomic E-state index is 13.3. The maximum absolute atomic E-state index is 13.3. The second-order valence-corrected chi connectivity index (χ2v) is 11.3. The van der Waals surface area contributed by atoms with E-state index in [4.69, 9.17) is 18.9 Å². The number of hydrogen-bond acceptors (Lipinski definition) is 10. The molecule has 2 saturated heterocycles. The summed E-state index contributed by atoms with van der Waals surface area (Å²) in [6.07, 6.45) is -5.71. The normalized spacial score (nSPS) is 28.8. The summed E-state index contributed by atoms with van der Waals surface area (Å²) in [5, 5.41) is 42.7. The molecule has 0 spiro atoms. The van der Waals surface area contributed by atoms with Gasteiger partial charge in [0.25, 0.3) is 0 Å². The van der Waals surface area contributed by atoms with Gasteiger partial charge in [0.2, 0.25) is 17.3 Å². The monoisotopic (exact) mass is 612 g/mol. The number of ether oxygens (including phenoxy) is 4. The molecule has 2 bridgehead atoms. The summed E-state index contributed by atoms with van der Waals surface area (Å²) in [4.78, 5) is 50.3. The fraction of sp³-hybridized carbons (Fsp3) is 0.438. The second kappa shape index (κ2) is 12.9. The highest BCUT2D eigenvalue weighted by molar-refractivity contribution is 5.97. The van der Waals surface area contributed by atoms with E-state index in [9.17, 15) is 39.6 Å². The summed E-state index contributed by atoms with van der Waals surface area (Å²) in [7, 11) is 0. The largest absolute Gasteiger partial charge is 0.479 e. The van der Waals surface area contributed by atoms with Gasteiger partial charge >= 0.3 is 23.9 Å². The topological polar surface area (TPSA) is 186 Å². The van der Waals surface area contributed by atoms with Crippen LogP contribution >= 0.6 is 0 Å². The molecule has 6 unspecified atom stereocenters. The minimum Gasteiger partial charge on any atom is -0.479 e. The Morgan fingerprint density at radius 1 is 1.00 bits per heavy atom. The van der Waals surface area contributed by atoms with Crippen LogP contribution < -0.4 is 0 Å². The molecule has 2 aliphatic rings. The first-order valence-corrected chi connectivity index (χ1v) is 14.1. The lowest BCUT2D eigenvalue weighted by atomic mass is 9.76. The maximum Gasteiger partial charge on any atom is 0.342 e. The van der Waals surface area contributed by atoms with Gasteiger partial charge in [0.15, 0.2) is 5.79 Å². The van der Waals surface area contributed by atoms with E-state index in [1.165, 1.54) is 6.92 Å². The van der Waals surface area contributed by atoms with E-state index in [0.717, 1.165) is 5.56 Å². The molecule has 2 aliphatic heterocycles. The van der Waals surface area contributed by atoms with E-state index < -0.39 is 65.6 Å². The van der Waals surface area contributed by atoms with Crippen LogP contribution in [0.4, 0.5) is 0 Å².